The Kier molecular flexibility index (Phi) is 10.2. The van der Waals surface area contributed by atoms with E-state index in [0.717, 1.165) is 62.8 Å². The summed E-state index contributed by atoms with van der Waals surface area (Å²) in [6.45, 7) is 6.16. The van der Waals surface area contributed by atoms with Crippen LogP contribution in [-0.2, 0) is 16.1 Å². The van der Waals surface area contributed by atoms with Crippen LogP contribution in [0.3, 0.4) is 0 Å². The van der Waals surface area contributed by atoms with Crippen LogP contribution in [0, 0.1) is 11.8 Å². The molecule has 6 nitrogen and oxygen atoms in total. The normalized spacial score (nSPS) is 19.7. The molecule has 1 unspecified atom stereocenters. The maximum atomic E-state index is 12.4. The number of amides is 1. The number of rotatable bonds is 7. The van der Waals surface area contributed by atoms with Crippen LogP contribution in [0.2, 0.25) is 0 Å². The largest absolute Gasteiger partial charge is 0.381 e. The number of halogens is 1. The highest BCUT2D eigenvalue weighted by Crippen LogP contribution is 2.26. The van der Waals surface area contributed by atoms with Gasteiger partial charge in [-0.05, 0) is 43.9 Å². The molecule has 1 aromatic rings. The molecule has 29 heavy (non-hydrogen) atoms. The van der Waals surface area contributed by atoms with E-state index in [1.807, 2.05) is 18.2 Å². The molecule has 1 amide bonds. The average Bonchev–Trinajstić information content (AvgIpc) is 3.39. The topological polar surface area (TPSA) is 66.0 Å². The number of anilines is 1. The lowest BCUT2D eigenvalue weighted by molar-refractivity contribution is -0.119. The van der Waals surface area contributed by atoms with Gasteiger partial charge < -0.3 is 20.3 Å². The number of ether oxygens (including phenoxy) is 1. The minimum absolute atomic E-state index is 0. The summed E-state index contributed by atoms with van der Waals surface area (Å²) in [6, 6.07) is 8.03. The second kappa shape index (κ2) is 12.4. The van der Waals surface area contributed by atoms with Crippen molar-refractivity contribution in [3.05, 3.63) is 29.8 Å². The van der Waals surface area contributed by atoms with Crippen molar-refractivity contribution in [1.29, 1.82) is 0 Å². The Balaban J connectivity index is 0.00000300. The number of guanidine groups is 1. The Morgan fingerprint density at radius 1 is 1.28 bits per heavy atom. The molecule has 1 saturated carbocycles. The van der Waals surface area contributed by atoms with Crippen LogP contribution in [0.25, 0.3) is 0 Å². The Hall–Kier alpha value is -1.35. The van der Waals surface area contributed by atoms with Crippen molar-refractivity contribution < 1.29 is 9.53 Å². The van der Waals surface area contributed by atoms with E-state index in [-0.39, 0.29) is 35.8 Å². The molecule has 0 radical (unpaired) electrons. The van der Waals surface area contributed by atoms with Gasteiger partial charge in [0.25, 0.3) is 0 Å². The first kappa shape index (κ1) is 23.9. The number of nitrogens with zero attached hydrogens (tertiary/aromatic N) is 2. The van der Waals surface area contributed by atoms with E-state index in [0.29, 0.717) is 12.5 Å². The molecule has 162 valence electrons. The van der Waals surface area contributed by atoms with Gasteiger partial charge in [0.2, 0.25) is 5.91 Å². The van der Waals surface area contributed by atoms with Gasteiger partial charge in [-0.2, -0.15) is 0 Å². The Bertz CT molecular complexity index is 671. The molecule has 2 fully saturated rings. The number of carbonyl (C=O) groups excluding carboxylic acids is 1. The minimum Gasteiger partial charge on any atom is -0.381 e. The van der Waals surface area contributed by atoms with E-state index in [1.54, 1.807) is 0 Å². The van der Waals surface area contributed by atoms with Crippen LogP contribution in [-0.4, -0.2) is 50.1 Å². The number of hydrogen-bond acceptors (Lipinski definition) is 3. The minimum atomic E-state index is 0. The maximum Gasteiger partial charge on any atom is 0.227 e. The van der Waals surface area contributed by atoms with E-state index >= 15 is 0 Å². The quantitative estimate of drug-likeness (QED) is 0.330. The van der Waals surface area contributed by atoms with Crippen LogP contribution < -0.4 is 10.6 Å². The molecule has 1 aliphatic heterocycles. The molecule has 2 aliphatic rings. The zero-order chi connectivity index (χ0) is 19.8. The third kappa shape index (κ3) is 7.44. The van der Waals surface area contributed by atoms with Crippen molar-refractivity contribution in [2.75, 3.05) is 38.7 Å². The van der Waals surface area contributed by atoms with E-state index in [1.165, 1.54) is 12.8 Å². The lowest BCUT2D eigenvalue weighted by atomic mass is 10.1. The first-order valence-corrected chi connectivity index (χ1v) is 10.6. The summed E-state index contributed by atoms with van der Waals surface area (Å²) >= 11 is 0. The van der Waals surface area contributed by atoms with Crippen molar-refractivity contribution in [3.8, 4) is 0 Å². The van der Waals surface area contributed by atoms with E-state index in [4.69, 9.17) is 9.73 Å². The lowest BCUT2D eigenvalue weighted by Crippen LogP contribution is -2.41. The summed E-state index contributed by atoms with van der Waals surface area (Å²) in [5.74, 6) is 1.82. The fourth-order valence-electron chi connectivity index (χ4n) is 4.02. The first-order valence-electron chi connectivity index (χ1n) is 10.6. The van der Waals surface area contributed by atoms with Crippen LogP contribution in [0.4, 0.5) is 5.69 Å². The number of carbonyl (C=O) groups is 1. The number of hydrogen-bond donors (Lipinski definition) is 2. The molecule has 1 aromatic carbocycles. The summed E-state index contributed by atoms with van der Waals surface area (Å²) in [6.07, 6.45) is 5.48. The predicted molar refractivity (Wildman–Crippen MR) is 129 cm³/mol. The molecule has 3 rings (SSSR count). The van der Waals surface area contributed by atoms with Crippen LogP contribution in [0.15, 0.2) is 29.3 Å². The van der Waals surface area contributed by atoms with Crippen molar-refractivity contribution >= 4 is 41.5 Å². The molecule has 0 aromatic heterocycles. The molecular formula is C22H35IN4O2. The van der Waals surface area contributed by atoms with Crippen LogP contribution >= 0.6 is 24.0 Å². The molecule has 0 spiro atoms. The summed E-state index contributed by atoms with van der Waals surface area (Å²) in [5.41, 5.74) is 1.96. The van der Waals surface area contributed by atoms with E-state index in [2.05, 4.69) is 35.6 Å². The molecule has 1 atom stereocenters. The molecule has 1 aliphatic carbocycles. The molecule has 1 heterocycles. The second-order valence-corrected chi connectivity index (χ2v) is 7.95. The first-order chi connectivity index (χ1) is 13.7. The fourth-order valence-corrected chi connectivity index (χ4v) is 4.02. The zero-order valence-corrected chi connectivity index (χ0v) is 20.0. The average molecular weight is 514 g/mol. The highest BCUT2D eigenvalue weighted by molar-refractivity contribution is 14.0. The molecule has 7 heteroatoms. The lowest BCUT2D eigenvalue weighted by Gasteiger charge is -2.24. The Morgan fingerprint density at radius 2 is 2.07 bits per heavy atom. The monoisotopic (exact) mass is 514 g/mol. The molecule has 1 saturated heterocycles. The molecular weight excluding hydrogens is 479 g/mol. The van der Waals surface area contributed by atoms with Gasteiger partial charge >= 0.3 is 0 Å². The number of aliphatic imine (C=N–C) groups is 1. The van der Waals surface area contributed by atoms with Crippen LogP contribution in [0.5, 0.6) is 0 Å². The Morgan fingerprint density at radius 3 is 2.76 bits per heavy atom. The SMILES string of the molecule is CCNC(=NCc1cccc(NC(=O)C2CCCC2)c1)N(C)CC1CCOC1.I. The smallest absolute Gasteiger partial charge is 0.227 e. The van der Waals surface area contributed by atoms with Gasteiger partial charge in [-0.1, -0.05) is 25.0 Å². The third-order valence-electron chi connectivity index (χ3n) is 5.58. The van der Waals surface area contributed by atoms with Gasteiger partial charge in [0.15, 0.2) is 5.96 Å². The van der Waals surface area contributed by atoms with Gasteiger partial charge in [-0.25, -0.2) is 4.99 Å². The molecule has 2 N–H and O–H groups in total. The van der Waals surface area contributed by atoms with Gasteiger partial charge in [0.05, 0.1) is 13.2 Å². The predicted octanol–water partition coefficient (Wildman–Crippen LogP) is 3.87. The summed E-state index contributed by atoms with van der Waals surface area (Å²) < 4.78 is 5.49. The summed E-state index contributed by atoms with van der Waals surface area (Å²) in [4.78, 5) is 19.4. The highest BCUT2D eigenvalue weighted by atomic mass is 127. The van der Waals surface area contributed by atoms with Gasteiger partial charge in [-0.15, -0.1) is 24.0 Å². The summed E-state index contributed by atoms with van der Waals surface area (Å²) in [5, 5.41) is 6.46. The van der Waals surface area contributed by atoms with Gasteiger partial charge in [-0.3, -0.25) is 4.79 Å². The van der Waals surface area contributed by atoms with Gasteiger partial charge in [0.1, 0.15) is 0 Å². The number of nitrogens with one attached hydrogen (secondary N) is 2. The standard InChI is InChI=1S/C22H34N4O2.HI/c1-3-23-22(26(2)15-18-11-12-28-16-18)24-14-17-7-6-10-20(13-17)25-21(27)19-8-4-5-9-19;/h6-7,10,13,18-19H,3-5,8-9,11-12,14-16H2,1-2H3,(H,23,24)(H,25,27);1H. The number of benzene rings is 1. The van der Waals surface area contributed by atoms with Crippen molar-refractivity contribution in [1.82, 2.24) is 10.2 Å². The summed E-state index contributed by atoms with van der Waals surface area (Å²) in [7, 11) is 2.08. The third-order valence-corrected chi connectivity index (χ3v) is 5.58. The highest BCUT2D eigenvalue weighted by Gasteiger charge is 2.22. The maximum absolute atomic E-state index is 12.4. The van der Waals surface area contributed by atoms with Gasteiger partial charge in [0, 0.05) is 44.3 Å². The fraction of sp³-hybridized carbons (Fsp3) is 0.636. The van der Waals surface area contributed by atoms with Crippen molar-refractivity contribution in [2.24, 2.45) is 16.8 Å². The molecule has 0 bridgehead atoms. The zero-order valence-electron chi connectivity index (χ0n) is 17.7. The van der Waals surface area contributed by atoms with E-state index < -0.39 is 0 Å². The Labute approximate surface area is 191 Å². The van der Waals surface area contributed by atoms with Crippen molar-refractivity contribution in [3.63, 3.8) is 0 Å². The second-order valence-electron chi connectivity index (χ2n) is 7.95. The van der Waals surface area contributed by atoms with E-state index in [9.17, 15) is 4.79 Å². The van der Waals surface area contributed by atoms with Crippen LogP contribution in [0.1, 0.15) is 44.6 Å². The van der Waals surface area contributed by atoms with Crippen molar-refractivity contribution in [2.45, 2.75) is 45.6 Å².